The van der Waals surface area contributed by atoms with Crippen molar-refractivity contribution in [2.24, 2.45) is 16.1 Å². The molecule has 0 bridgehead atoms. The van der Waals surface area contributed by atoms with Gasteiger partial charge in [-0.05, 0) is 33.9 Å². The SMILES string of the molecule is C=C(C)CNC(N)=NCC1(CN(C)C)CCCC1. The Morgan fingerprint density at radius 2 is 2.00 bits per heavy atom. The Kier molecular flexibility index (Phi) is 5.66. The van der Waals surface area contributed by atoms with Gasteiger partial charge in [0.05, 0.1) is 0 Å². The minimum Gasteiger partial charge on any atom is -0.370 e. The highest BCUT2D eigenvalue weighted by Crippen LogP contribution is 2.38. The number of nitrogens with zero attached hydrogens (tertiary/aromatic N) is 2. The van der Waals surface area contributed by atoms with Crippen LogP contribution in [0.25, 0.3) is 0 Å². The average molecular weight is 252 g/mol. The van der Waals surface area contributed by atoms with Crippen LogP contribution in [0.4, 0.5) is 0 Å². The Labute approximate surface area is 111 Å². The molecule has 0 aromatic carbocycles. The molecule has 104 valence electrons. The first-order valence-electron chi connectivity index (χ1n) is 6.76. The van der Waals surface area contributed by atoms with Crippen LogP contribution in [0, 0.1) is 5.41 Å². The van der Waals surface area contributed by atoms with E-state index in [4.69, 9.17) is 5.73 Å². The Bertz CT molecular complexity index is 301. The van der Waals surface area contributed by atoms with Crippen LogP contribution < -0.4 is 11.1 Å². The quantitative estimate of drug-likeness (QED) is 0.429. The van der Waals surface area contributed by atoms with Gasteiger partial charge in [0, 0.05) is 25.0 Å². The van der Waals surface area contributed by atoms with Crippen LogP contribution >= 0.6 is 0 Å². The zero-order valence-corrected chi connectivity index (χ0v) is 12.1. The molecule has 1 fully saturated rings. The number of hydrogen-bond donors (Lipinski definition) is 2. The smallest absolute Gasteiger partial charge is 0.188 e. The van der Waals surface area contributed by atoms with Gasteiger partial charge in [-0.25, -0.2) is 0 Å². The van der Waals surface area contributed by atoms with Gasteiger partial charge in [-0.15, -0.1) is 0 Å². The maximum absolute atomic E-state index is 5.87. The van der Waals surface area contributed by atoms with Gasteiger partial charge in [-0.3, -0.25) is 4.99 Å². The van der Waals surface area contributed by atoms with Crippen molar-refractivity contribution in [2.45, 2.75) is 32.6 Å². The Morgan fingerprint density at radius 1 is 1.39 bits per heavy atom. The van der Waals surface area contributed by atoms with E-state index in [1.165, 1.54) is 25.7 Å². The molecule has 0 atom stereocenters. The highest BCUT2D eigenvalue weighted by atomic mass is 15.1. The summed E-state index contributed by atoms with van der Waals surface area (Å²) in [5, 5.41) is 3.09. The Morgan fingerprint density at radius 3 is 2.50 bits per heavy atom. The van der Waals surface area contributed by atoms with Crippen LogP contribution in [0.1, 0.15) is 32.6 Å². The number of aliphatic imine (C=N–C) groups is 1. The van der Waals surface area contributed by atoms with Crippen LogP contribution in [0.2, 0.25) is 0 Å². The number of rotatable bonds is 6. The molecular formula is C14H28N4. The first kappa shape index (κ1) is 15.0. The molecular weight excluding hydrogens is 224 g/mol. The third-order valence-electron chi connectivity index (χ3n) is 3.47. The maximum atomic E-state index is 5.87. The molecule has 1 rings (SSSR count). The van der Waals surface area contributed by atoms with E-state index in [0.29, 0.717) is 17.9 Å². The second kappa shape index (κ2) is 6.78. The number of nitrogens with two attached hydrogens (primary N) is 1. The van der Waals surface area contributed by atoms with Crippen LogP contribution in [0.3, 0.4) is 0 Å². The van der Waals surface area contributed by atoms with Gasteiger partial charge in [0.15, 0.2) is 5.96 Å². The molecule has 4 nitrogen and oxygen atoms in total. The number of guanidine groups is 1. The van der Waals surface area contributed by atoms with Gasteiger partial charge in [0.25, 0.3) is 0 Å². The van der Waals surface area contributed by atoms with Gasteiger partial charge in [-0.1, -0.05) is 25.0 Å². The summed E-state index contributed by atoms with van der Waals surface area (Å²) in [5.74, 6) is 0.544. The third kappa shape index (κ3) is 5.08. The van der Waals surface area contributed by atoms with E-state index in [9.17, 15) is 0 Å². The topological polar surface area (TPSA) is 53.6 Å². The standard InChI is InChI=1S/C14H28N4/c1-12(2)9-16-13(15)17-10-14(11-18(3)4)7-5-6-8-14/h1,5-11H2,2-4H3,(H3,15,16,17). The highest BCUT2D eigenvalue weighted by Gasteiger charge is 2.34. The van der Waals surface area contributed by atoms with E-state index in [1.807, 2.05) is 6.92 Å². The first-order chi connectivity index (χ1) is 8.43. The van der Waals surface area contributed by atoms with Crippen molar-refractivity contribution in [3.63, 3.8) is 0 Å². The fourth-order valence-electron chi connectivity index (χ4n) is 2.71. The normalized spacial score (nSPS) is 19.2. The maximum Gasteiger partial charge on any atom is 0.188 e. The lowest BCUT2D eigenvalue weighted by atomic mass is 9.86. The van der Waals surface area contributed by atoms with Crippen LogP contribution in [-0.4, -0.2) is 44.6 Å². The minimum absolute atomic E-state index is 0.332. The monoisotopic (exact) mass is 252 g/mol. The molecule has 18 heavy (non-hydrogen) atoms. The van der Waals surface area contributed by atoms with Crippen molar-refractivity contribution in [3.05, 3.63) is 12.2 Å². The van der Waals surface area contributed by atoms with Gasteiger partial charge in [0.2, 0.25) is 0 Å². The predicted octanol–water partition coefficient (Wildman–Crippen LogP) is 1.59. The molecule has 1 aliphatic rings. The van der Waals surface area contributed by atoms with Crippen molar-refractivity contribution >= 4 is 5.96 Å². The molecule has 0 unspecified atom stereocenters. The predicted molar refractivity (Wildman–Crippen MR) is 78.8 cm³/mol. The molecule has 0 saturated heterocycles. The molecule has 0 aliphatic heterocycles. The van der Waals surface area contributed by atoms with Crippen molar-refractivity contribution in [1.29, 1.82) is 0 Å². The zero-order valence-electron chi connectivity index (χ0n) is 12.1. The fourth-order valence-corrected chi connectivity index (χ4v) is 2.71. The van der Waals surface area contributed by atoms with E-state index < -0.39 is 0 Å². The molecule has 0 spiro atoms. The highest BCUT2D eigenvalue weighted by molar-refractivity contribution is 5.78. The summed E-state index contributed by atoms with van der Waals surface area (Å²) in [5.41, 5.74) is 7.27. The van der Waals surface area contributed by atoms with Gasteiger partial charge in [-0.2, -0.15) is 0 Å². The molecule has 4 heteroatoms. The summed E-state index contributed by atoms with van der Waals surface area (Å²) in [4.78, 5) is 6.78. The second-order valence-corrected chi connectivity index (χ2v) is 5.96. The molecule has 0 aromatic rings. The molecule has 0 amide bonds. The lowest BCUT2D eigenvalue weighted by Gasteiger charge is -2.30. The minimum atomic E-state index is 0.332. The number of hydrogen-bond acceptors (Lipinski definition) is 2. The largest absolute Gasteiger partial charge is 0.370 e. The lowest BCUT2D eigenvalue weighted by Crippen LogP contribution is -2.37. The fraction of sp³-hybridized carbons (Fsp3) is 0.786. The van der Waals surface area contributed by atoms with Crippen LogP contribution in [-0.2, 0) is 0 Å². The van der Waals surface area contributed by atoms with Crippen molar-refractivity contribution < 1.29 is 0 Å². The van der Waals surface area contributed by atoms with E-state index in [1.54, 1.807) is 0 Å². The Hall–Kier alpha value is -1.03. The summed E-state index contributed by atoms with van der Waals surface area (Å²) in [7, 11) is 4.26. The van der Waals surface area contributed by atoms with Gasteiger partial charge >= 0.3 is 0 Å². The first-order valence-corrected chi connectivity index (χ1v) is 6.76. The van der Waals surface area contributed by atoms with E-state index in [-0.39, 0.29) is 0 Å². The average Bonchev–Trinajstić information content (AvgIpc) is 2.71. The third-order valence-corrected chi connectivity index (χ3v) is 3.47. The van der Waals surface area contributed by atoms with E-state index in [2.05, 4.69) is 35.9 Å². The van der Waals surface area contributed by atoms with Crippen molar-refractivity contribution in [2.75, 3.05) is 33.7 Å². The van der Waals surface area contributed by atoms with Crippen LogP contribution in [0.15, 0.2) is 17.1 Å². The summed E-state index contributed by atoms with van der Waals surface area (Å²) in [6.45, 7) is 8.45. The van der Waals surface area contributed by atoms with Crippen molar-refractivity contribution in [3.8, 4) is 0 Å². The van der Waals surface area contributed by atoms with Crippen molar-refractivity contribution in [1.82, 2.24) is 10.2 Å². The molecule has 3 N–H and O–H groups in total. The molecule has 0 heterocycles. The number of nitrogens with one attached hydrogen (secondary N) is 1. The summed E-state index contributed by atoms with van der Waals surface area (Å²) < 4.78 is 0. The lowest BCUT2D eigenvalue weighted by molar-refractivity contribution is 0.210. The van der Waals surface area contributed by atoms with Gasteiger partial charge < -0.3 is 16.0 Å². The van der Waals surface area contributed by atoms with E-state index >= 15 is 0 Å². The molecule has 1 aliphatic carbocycles. The zero-order chi connectivity index (χ0) is 13.6. The second-order valence-electron chi connectivity index (χ2n) is 5.96. The summed E-state index contributed by atoms with van der Waals surface area (Å²) in [6.07, 6.45) is 5.18. The van der Waals surface area contributed by atoms with Crippen LogP contribution in [0.5, 0.6) is 0 Å². The summed E-state index contributed by atoms with van der Waals surface area (Å²) in [6, 6.07) is 0. The van der Waals surface area contributed by atoms with E-state index in [0.717, 1.165) is 18.7 Å². The van der Waals surface area contributed by atoms with Gasteiger partial charge in [0.1, 0.15) is 0 Å². The molecule has 0 radical (unpaired) electrons. The Balaban J connectivity index is 2.51. The molecule has 1 saturated carbocycles. The summed E-state index contributed by atoms with van der Waals surface area (Å²) >= 11 is 0. The molecule has 0 aromatic heterocycles.